The maximum absolute atomic E-state index is 10.6. The molecule has 1 aromatic carbocycles. The molecule has 13 heavy (non-hydrogen) atoms. The second-order valence-corrected chi connectivity index (χ2v) is 3.44. The first kappa shape index (κ1) is 10.3. The van der Waals surface area contributed by atoms with Crippen molar-refractivity contribution in [3.63, 3.8) is 0 Å². The van der Waals surface area contributed by atoms with Crippen LogP contribution < -0.4 is 5.46 Å². The zero-order valence-corrected chi connectivity index (χ0v) is 8.80. The third-order valence-electron chi connectivity index (χ3n) is 1.57. The molecule has 4 heteroatoms. The highest BCUT2D eigenvalue weighted by atomic mass is 79.9. The van der Waals surface area contributed by atoms with E-state index in [0.29, 0.717) is 5.46 Å². The number of esters is 1. The van der Waals surface area contributed by atoms with Crippen molar-refractivity contribution in [3.8, 4) is 0 Å². The Kier molecular flexibility index (Phi) is 3.54. The van der Waals surface area contributed by atoms with Gasteiger partial charge < -0.3 is 4.74 Å². The van der Waals surface area contributed by atoms with Gasteiger partial charge in [0.05, 0.1) is 0 Å². The molecule has 0 fully saturated rings. The van der Waals surface area contributed by atoms with Crippen molar-refractivity contribution in [2.45, 2.75) is 13.5 Å². The van der Waals surface area contributed by atoms with E-state index in [1.54, 1.807) is 6.07 Å². The molecule has 0 N–H and O–H groups in total. The van der Waals surface area contributed by atoms with Crippen LogP contribution >= 0.6 is 15.9 Å². The summed E-state index contributed by atoms with van der Waals surface area (Å²) in [5.74, 6) is -0.310. The van der Waals surface area contributed by atoms with Crippen molar-refractivity contribution in [1.29, 1.82) is 0 Å². The molecule has 0 saturated carbocycles. The highest BCUT2D eigenvalue weighted by molar-refractivity contribution is 9.10. The summed E-state index contributed by atoms with van der Waals surface area (Å²) in [7, 11) is 5.69. The van der Waals surface area contributed by atoms with Crippen molar-refractivity contribution in [2.24, 2.45) is 0 Å². The summed E-state index contributed by atoms with van der Waals surface area (Å²) in [6.45, 7) is 1.58. The van der Waals surface area contributed by atoms with Gasteiger partial charge in [-0.25, -0.2) is 0 Å². The molecule has 0 unspecified atom stereocenters. The minimum atomic E-state index is -0.310. The number of ether oxygens (including phenoxy) is 1. The lowest BCUT2D eigenvalue weighted by atomic mass is 9.91. The third-order valence-corrected chi connectivity index (χ3v) is 2.32. The molecule has 1 rings (SSSR count). The molecule has 0 spiro atoms. The lowest BCUT2D eigenvalue weighted by Gasteiger charge is -2.08. The molecule has 2 radical (unpaired) electrons. The quantitative estimate of drug-likeness (QED) is 0.574. The minimum Gasteiger partial charge on any atom is -0.461 e. The Morgan fingerprint density at radius 1 is 1.62 bits per heavy atom. The van der Waals surface area contributed by atoms with E-state index in [1.165, 1.54) is 6.92 Å². The summed E-state index contributed by atoms with van der Waals surface area (Å²) in [5, 5.41) is 0. The Hall–Kier alpha value is -0.765. The first-order chi connectivity index (χ1) is 6.11. The molecular formula is C9H8BBrO2. The van der Waals surface area contributed by atoms with E-state index in [0.717, 1.165) is 10.0 Å². The van der Waals surface area contributed by atoms with E-state index in [4.69, 9.17) is 12.6 Å². The van der Waals surface area contributed by atoms with Crippen molar-refractivity contribution in [1.82, 2.24) is 0 Å². The molecule has 66 valence electrons. The third kappa shape index (κ3) is 2.88. The van der Waals surface area contributed by atoms with Gasteiger partial charge in [0.25, 0.3) is 0 Å². The van der Waals surface area contributed by atoms with E-state index < -0.39 is 0 Å². The molecule has 0 heterocycles. The lowest BCUT2D eigenvalue weighted by Crippen LogP contribution is -2.13. The standard InChI is InChI=1S/C9H8BBrO2/c1-6(12)13-5-7-8(10)3-2-4-9(7)11/h2-4H,5H2,1H3. The van der Waals surface area contributed by atoms with Crippen LogP contribution in [0.25, 0.3) is 0 Å². The molecule has 0 aromatic heterocycles. The second-order valence-electron chi connectivity index (χ2n) is 2.59. The normalized spacial score (nSPS) is 9.69. The van der Waals surface area contributed by atoms with E-state index in [-0.39, 0.29) is 12.6 Å². The van der Waals surface area contributed by atoms with E-state index >= 15 is 0 Å². The van der Waals surface area contributed by atoms with Gasteiger partial charge in [-0.3, -0.25) is 4.79 Å². The monoisotopic (exact) mass is 238 g/mol. The van der Waals surface area contributed by atoms with Crippen LogP contribution in [0.2, 0.25) is 0 Å². The van der Waals surface area contributed by atoms with Crippen molar-refractivity contribution in [2.75, 3.05) is 0 Å². The number of hydrogen-bond donors (Lipinski definition) is 0. The zero-order chi connectivity index (χ0) is 9.84. The highest BCUT2D eigenvalue weighted by Gasteiger charge is 2.03. The fourth-order valence-electron chi connectivity index (χ4n) is 0.901. The predicted octanol–water partition coefficient (Wildman–Crippen LogP) is 1.31. The number of carbonyl (C=O) groups is 1. The van der Waals surface area contributed by atoms with Gasteiger partial charge in [-0.05, 0) is 11.6 Å². The smallest absolute Gasteiger partial charge is 0.302 e. The summed E-state index contributed by atoms with van der Waals surface area (Å²) in [6.07, 6.45) is 0. The summed E-state index contributed by atoms with van der Waals surface area (Å²) in [6, 6.07) is 5.45. The minimum absolute atomic E-state index is 0.211. The maximum Gasteiger partial charge on any atom is 0.302 e. The van der Waals surface area contributed by atoms with Gasteiger partial charge in [0.15, 0.2) is 0 Å². The number of halogens is 1. The second kappa shape index (κ2) is 4.47. The molecule has 0 amide bonds. The summed E-state index contributed by atoms with van der Waals surface area (Å²) in [5.41, 5.74) is 1.42. The molecule has 0 saturated heterocycles. The Balaban J connectivity index is 2.81. The van der Waals surface area contributed by atoms with Gasteiger partial charge in [0, 0.05) is 11.4 Å². The number of hydrogen-bond acceptors (Lipinski definition) is 2. The molecule has 0 aliphatic rings. The van der Waals surface area contributed by atoms with Crippen molar-refractivity contribution in [3.05, 3.63) is 28.2 Å². The summed E-state index contributed by atoms with van der Waals surface area (Å²) in [4.78, 5) is 10.6. The van der Waals surface area contributed by atoms with Crippen LogP contribution in [-0.2, 0) is 16.1 Å². The Morgan fingerprint density at radius 3 is 2.85 bits per heavy atom. The van der Waals surface area contributed by atoms with Crippen LogP contribution in [-0.4, -0.2) is 13.8 Å². The van der Waals surface area contributed by atoms with Gasteiger partial charge in [-0.2, -0.15) is 0 Å². The fourth-order valence-corrected chi connectivity index (χ4v) is 1.40. The van der Waals surface area contributed by atoms with Crippen LogP contribution in [0.4, 0.5) is 0 Å². The molecular weight excluding hydrogens is 231 g/mol. The van der Waals surface area contributed by atoms with Gasteiger partial charge in [0.2, 0.25) is 0 Å². The Labute approximate surface area is 86.8 Å². The topological polar surface area (TPSA) is 26.3 Å². The molecule has 0 atom stereocenters. The first-order valence-electron chi connectivity index (χ1n) is 3.77. The molecule has 2 nitrogen and oxygen atoms in total. The SMILES string of the molecule is [B]c1cccc(Br)c1COC(C)=O. The fraction of sp³-hybridized carbons (Fsp3) is 0.222. The van der Waals surface area contributed by atoms with Crippen LogP contribution in [0, 0.1) is 0 Å². The Morgan fingerprint density at radius 2 is 2.31 bits per heavy atom. The summed E-state index contributed by atoms with van der Waals surface area (Å²) < 4.78 is 5.70. The average Bonchev–Trinajstić information content (AvgIpc) is 2.03. The summed E-state index contributed by atoms with van der Waals surface area (Å²) >= 11 is 3.33. The van der Waals surface area contributed by atoms with Crippen LogP contribution in [0.3, 0.4) is 0 Å². The highest BCUT2D eigenvalue weighted by Crippen LogP contribution is 2.14. The van der Waals surface area contributed by atoms with E-state index in [2.05, 4.69) is 15.9 Å². The number of carbonyl (C=O) groups excluding carboxylic acids is 1. The van der Waals surface area contributed by atoms with Gasteiger partial charge in [-0.1, -0.05) is 33.5 Å². The largest absolute Gasteiger partial charge is 0.461 e. The van der Waals surface area contributed by atoms with Gasteiger partial charge in [-0.15, -0.1) is 0 Å². The predicted molar refractivity (Wildman–Crippen MR) is 55.0 cm³/mol. The molecule has 0 bridgehead atoms. The molecule has 1 aromatic rings. The number of benzene rings is 1. The van der Waals surface area contributed by atoms with Crippen molar-refractivity contribution < 1.29 is 9.53 Å². The molecule has 0 aliphatic carbocycles. The maximum atomic E-state index is 10.6. The number of rotatable bonds is 2. The van der Waals surface area contributed by atoms with Gasteiger partial charge >= 0.3 is 5.97 Å². The lowest BCUT2D eigenvalue weighted by molar-refractivity contribution is -0.142. The van der Waals surface area contributed by atoms with E-state index in [1.807, 2.05) is 12.1 Å². The van der Waals surface area contributed by atoms with Crippen molar-refractivity contribution >= 4 is 35.2 Å². The van der Waals surface area contributed by atoms with Crippen LogP contribution in [0.15, 0.2) is 22.7 Å². The van der Waals surface area contributed by atoms with Crippen LogP contribution in [0.1, 0.15) is 12.5 Å². The zero-order valence-electron chi connectivity index (χ0n) is 7.21. The van der Waals surface area contributed by atoms with Crippen LogP contribution in [0.5, 0.6) is 0 Å². The average molecular weight is 239 g/mol. The van der Waals surface area contributed by atoms with E-state index in [9.17, 15) is 4.79 Å². The first-order valence-corrected chi connectivity index (χ1v) is 4.57. The molecule has 0 aliphatic heterocycles. The Bertz CT molecular complexity index is 305. The van der Waals surface area contributed by atoms with Gasteiger partial charge in [0.1, 0.15) is 14.5 Å².